The third-order valence-corrected chi connectivity index (χ3v) is 1.33. The second kappa shape index (κ2) is 6.72. The van der Waals surface area contributed by atoms with E-state index in [2.05, 4.69) is 17.9 Å². The maximum absolute atomic E-state index is 10.8. The molecule has 0 spiro atoms. The first-order valence-electron chi connectivity index (χ1n) is 3.51. The lowest BCUT2D eigenvalue weighted by Gasteiger charge is -1.99. The van der Waals surface area contributed by atoms with E-state index in [1.54, 1.807) is 6.08 Å². The molecule has 0 bridgehead atoms. The summed E-state index contributed by atoms with van der Waals surface area (Å²) < 4.78 is 0. The highest BCUT2D eigenvalue weighted by atomic mass is 32.1. The highest BCUT2D eigenvalue weighted by molar-refractivity contribution is 7.83. The molecule has 4 nitrogen and oxygen atoms in total. The van der Waals surface area contributed by atoms with Crippen molar-refractivity contribution in [3.05, 3.63) is 11.5 Å². The number of nitrogens with one attached hydrogen (secondary N) is 1. The lowest BCUT2D eigenvalue weighted by molar-refractivity contribution is -0.124. The maximum Gasteiger partial charge on any atom is 0.220 e. The Balaban J connectivity index is 3.40. The Kier molecular flexibility index (Phi) is 6.18. The van der Waals surface area contributed by atoms with Crippen LogP contribution in [0.1, 0.15) is 12.8 Å². The number of carbonyl (C=O) groups excluding carboxylic acids is 2. The van der Waals surface area contributed by atoms with Crippen molar-refractivity contribution in [2.45, 2.75) is 12.8 Å². The summed E-state index contributed by atoms with van der Waals surface area (Å²) in [6.07, 6.45) is 1.93. The Hall–Kier alpha value is -0.970. The molecule has 12 heavy (non-hydrogen) atoms. The average Bonchev–Trinajstić information content (AvgIpc) is 2.01. The van der Waals surface area contributed by atoms with E-state index in [1.807, 2.05) is 0 Å². The van der Waals surface area contributed by atoms with Gasteiger partial charge in [-0.05, 0) is 5.41 Å². The van der Waals surface area contributed by atoms with Crippen molar-refractivity contribution >= 4 is 24.4 Å². The summed E-state index contributed by atoms with van der Waals surface area (Å²) in [5.41, 5.74) is 4.85. The van der Waals surface area contributed by atoms with E-state index in [9.17, 15) is 9.59 Å². The quantitative estimate of drug-likeness (QED) is 0.523. The number of nitrogens with two attached hydrogens (primary N) is 1. The van der Waals surface area contributed by atoms with Gasteiger partial charge in [0, 0.05) is 19.4 Å². The normalized spacial score (nSPS) is 10.1. The minimum Gasteiger partial charge on any atom is -0.370 e. The van der Waals surface area contributed by atoms with Crippen molar-refractivity contribution in [3.63, 3.8) is 0 Å². The van der Waals surface area contributed by atoms with Gasteiger partial charge in [-0.25, -0.2) is 0 Å². The first-order chi connectivity index (χ1) is 5.66. The van der Waals surface area contributed by atoms with Crippen LogP contribution >= 0.6 is 12.6 Å². The van der Waals surface area contributed by atoms with Gasteiger partial charge in [-0.1, -0.05) is 6.08 Å². The van der Waals surface area contributed by atoms with Crippen LogP contribution in [0.25, 0.3) is 0 Å². The van der Waals surface area contributed by atoms with Crippen molar-refractivity contribution in [1.82, 2.24) is 5.32 Å². The van der Waals surface area contributed by atoms with Gasteiger partial charge in [-0.3, -0.25) is 9.59 Å². The van der Waals surface area contributed by atoms with E-state index < -0.39 is 5.91 Å². The average molecular weight is 188 g/mol. The molecule has 0 fully saturated rings. The number of primary amides is 1. The second-order valence-corrected chi connectivity index (χ2v) is 2.45. The predicted octanol–water partition coefficient (Wildman–Crippen LogP) is -0.188. The van der Waals surface area contributed by atoms with Crippen LogP contribution in [-0.4, -0.2) is 18.4 Å². The topological polar surface area (TPSA) is 72.2 Å². The van der Waals surface area contributed by atoms with Crippen molar-refractivity contribution in [3.8, 4) is 0 Å². The third-order valence-electron chi connectivity index (χ3n) is 1.12. The van der Waals surface area contributed by atoms with Crippen LogP contribution < -0.4 is 11.1 Å². The molecule has 2 amide bonds. The van der Waals surface area contributed by atoms with Crippen LogP contribution in [0.15, 0.2) is 11.5 Å². The molecular formula is C7H12N2O2S. The van der Waals surface area contributed by atoms with Gasteiger partial charge < -0.3 is 11.1 Å². The fourth-order valence-electron chi connectivity index (χ4n) is 0.551. The minimum atomic E-state index is -0.463. The van der Waals surface area contributed by atoms with Gasteiger partial charge in [0.1, 0.15) is 0 Å². The summed E-state index contributed by atoms with van der Waals surface area (Å²) >= 11 is 3.80. The largest absolute Gasteiger partial charge is 0.370 e. The first-order valence-corrected chi connectivity index (χ1v) is 4.02. The van der Waals surface area contributed by atoms with Crippen LogP contribution in [0.5, 0.6) is 0 Å². The molecule has 0 aliphatic rings. The Labute approximate surface area is 76.6 Å². The molecule has 68 valence electrons. The molecule has 0 saturated carbocycles. The number of carbonyl (C=O) groups is 2. The molecule has 0 aromatic carbocycles. The van der Waals surface area contributed by atoms with Crippen molar-refractivity contribution in [2.75, 3.05) is 6.54 Å². The number of hydrogen-bond acceptors (Lipinski definition) is 3. The molecule has 0 rings (SSSR count). The van der Waals surface area contributed by atoms with Gasteiger partial charge >= 0.3 is 0 Å². The number of amides is 2. The number of rotatable bonds is 5. The van der Waals surface area contributed by atoms with Gasteiger partial charge in [0.25, 0.3) is 0 Å². The van der Waals surface area contributed by atoms with Crippen LogP contribution in [0.2, 0.25) is 0 Å². The highest BCUT2D eigenvalue weighted by Gasteiger charge is 2.01. The van der Waals surface area contributed by atoms with Crippen LogP contribution in [0.4, 0.5) is 0 Å². The lowest BCUT2D eigenvalue weighted by Crippen LogP contribution is -2.24. The van der Waals surface area contributed by atoms with Crippen LogP contribution in [-0.2, 0) is 9.59 Å². The minimum absolute atomic E-state index is 0.0937. The second-order valence-electron chi connectivity index (χ2n) is 2.16. The van der Waals surface area contributed by atoms with Crippen LogP contribution in [0.3, 0.4) is 0 Å². The number of thiol groups is 1. The lowest BCUT2D eigenvalue weighted by atomic mass is 10.3. The zero-order chi connectivity index (χ0) is 9.40. The molecule has 0 unspecified atom stereocenters. The summed E-state index contributed by atoms with van der Waals surface area (Å²) in [4.78, 5) is 21.1. The zero-order valence-electron chi connectivity index (χ0n) is 6.62. The smallest absolute Gasteiger partial charge is 0.220 e. The summed E-state index contributed by atoms with van der Waals surface area (Å²) in [5, 5.41) is 4.09. The van der Waals surface area contributed by atoms with E-state index in [0.29, 0.717) is 6.54 Å². The molecule has 0 saturated heterocycles. The van der Waals surface area contributed by atoms with Crippen LogP contribution in [0, 0.1) is 0 Å². The molecule has 0 atom stereocenters. The molecular weight excluding hydrogens is 176 g/mol. The Morgan fingerprint density at radius 1 is 1.42 bits per heavy atom. The van der Waals surface area contributed by atoms with Crippen molar-refractivity contribution in [1.29, 1.82) is 0 Å². The Morgan fingerprint density at radius 2 is 2.08 bits per heavy atom. The molecule has 0 aromatic rings. The van der Waals surface area contributed by atoms with Crippen molar-refractivity contribution in [2.24, 2.45) is 5.73 Å². The summed E-state index contributed by atoms with van der Waals surface area (Å²) in [6.45, 7) is 0.432. The maximum atomic E-state index is 10.8. The highest BCUT2D eigenvalue weighted by Crippen LogP contribution is 1.86. The monoisotopic (exact) mass is 188 g/mol. The zero-order valence-corrected chi connectivity index (χ0v) is 7.51. The third kappa shape index (κ3) is 7.14. The molecule has 0 heterocycles. The van der Waals surface area contributed by atoms with Crippen molar-refractivity contribution < 1.29 is 9.59 Å². The molecule has 5 heteroatoms. The fraction of sp³-hybridized carbons (Fsp3) is 0.429. The SMILES string of the molecule is NC(=O)CCC(=O)NCC=CS. The van der Waals surface area contributed by atoms with Gasteiger partial charge in [-0.2, -0.15) is 12.6 Å². The predicted molar refractivity (Wildman–Crippen MR) is 49.6 cm³/mol. The Bertz CT molecular complexity index is 192. The molecule has 3 N–H and O–H groups in total. The van der Waals surface area contributed by atoms with Gasteiger partial charge in [-0.15, -0.1) is 0 Å². The number of hydrogen-bond donors (Lipinski definition) is 3. The van der Waals surface area contributed by atoms with E-state index >= 15 is 0 Å². The summed E-state index contributed by atoms with van der Waals surface area (Å²) in [7, 11) is 0. The van der Waals surface area contributed by atoms with E-state index in [0.717, 1.165) is 0 Å². The summed E-state index contributed by atoms with van der Waals surface area (Å²) in [6, 6.07) is 0. The van der Waals surface area contributed by atoms with E-state index in [-0.39, 0.29) is 18.7 Å². The Morgan fingerprint density at radius 3 is 2.58 bits per heavy atom. The summed E-state index contributed by atoms with van der Waals surface area (Å²) in [5.74, 6) is -0.643. The van der Waals surface area contributed by atoms with Gasteiger partial charge in [0.2, 0.25) is 11.8 Å². The van der Waals surface area contributed by atoms with E-state index in [4.69, 9.17) is 5.73 Å². The fourth-order valence-corrected chi connectivity index (χ4v) is 0.656. The van der Waals surface area contributed by atoms with E-state index in [1.165, 1.54) is 5.41 Å². The molecule has 0 aromatic heterocycles. The molecule has 0 aliphatic heterocycles. The van der Waals surface area contributed by atoms with Gasteiger partial charge in [0.15, 0.2) is 0 Å². The van der Waals surface area contributed by atoms with Gasteiger partial charge in [0.05, 0.1) is 0 Å². The first kappa shape index (κ1) is 11.0. The molecule has 0 radical (unpaired) electrons. The standard InChI is InChI=1S/C7H12N2O2S/c8-6(10)2-3-7(11)9-4-1-5-12/h1,5,12H,2-4H2,(H2,8,10)(H,9,11). The molecule has 0 aliphatic carbocycles.